The van der Waals surface area contributed by atoms with Crippen LogP contribution in [0.1, 0.15) is 41.4 Å². The summed E-state index contributed by atoms with van der Waals surface area (Å²) in [6.07, 6.45) is 5.56. The van der Waals surface area contributed by atoms with Gasteiger partial charge in [0, 0.05) is 37.0 Å². The van der Waals surface area contributed by atoms with Gasteiger partial charge in [0.1, 0.15) is 0 Å². The van der Waals surface area contributed by atoms with Crippen LogP contribution in [0.3, 0.4) is 0 Å². The molecule has 2 N–H and O–H groups in total. The Morgan fingerprint density at radius 3 is 2.52 bits per heavy atom. The van der Waals surface area contributed by atoms with Gasteiger partial charge >= 0.3 is 0 Å². The molecule has 0 spiro atoms. The van der Waals surface area contributed by atoms with Crippen LogP contribution in [0, 0.1) is 0 Å². The fourth-order valence-electron chi connectivity index (χ4n) is 3.72. The number of likely N-dealkylation sites (tertiary alicyclic amines) is 1. The van der Waals surface area contributed by atoms with Crippen LogP contribution in [0.5, 0.6) is 0 Å². The molecule has 6 nitrogen and oxygen atoms in total. The van der Waals surface area contributed by atoms with E-state index in [4.69, 9.17) is 0 Å². The van der Waals surface area contributed by atoms with Gasteiger partial charge in [-0.25, -0.2) is 0 Å². The number of rotatable bonds is 4. The summed E-state index contributed by atoms with van der Waals surface area (Å²) in [4.78, 5) is 25.8. The number of aromatic nitrogens is 2. The minimum Gasteiger partial charge on any atom is -0.353 e. The Morgan fingerprint density at radius 2 is 1.79 bits per heavy atom. The van der Waals surface area contributed by atoms with E-state index >= 15 is 0 Å². The number of nitrogens with one attached hydrogen (secondary N) is 2. The number of amides is 2. The van der Waals surface area contributed by atoms with Crippen molar-refractivity contribution in [2.75, 3.05) is 13.1 Å². The Bertz CT molecular complexity index is 1040. The highest BCUT2D eigenvalue weighted by molar-refractivity contribution is 5.95. The molecule has 0 unspecified atom stereocenters. The number of carbonyl (C=O) groups is 2. The Hall–Kier alpha value is -3.41. The van der Waals surface area contributed by atoms with Crippen molar-refractivity contribution in [2.24, 2.45) is 0 Å². The van der Waals surface area contributed by atoms with Crippen molar-refractivity contribution >= 4 is 34.9 Å². The zero-order chi connectivity index (χ0) is 20.2. The maximum absolute atomic E-state index is 12.7. The summed E-state index contributed by atoms with van der Waals surface area (Å²) in [5, 5.41) is 11.4. The zero-order valence-corrected chi connectivity index (χ0v) is 16.4. The van der Waals surface area contributed by atoms with E-state index in [0.29, 0.717) is 18.7 Å². The predicted molar refractivity (Wildman–Crippen MR) is 114 cm³/mol. The van der Waals surface area contributed by atoms with E-state index in [1.54, 1.807) is 0 Å². The summed E-state index contributed by atoms with van der Waals surface area (Å²) in [6, 6.07) is 15.8. The fraction of sp³-hybridized carbons (Fsp3) is 0.261. The molecule has 0 radical (unpaired) electrons. The largest absolute Gasteiger partial charge is 0.353 e. The summed E-state index contributed by atoms with van der Waals surface area (Å²) in [7, 11) is 0. The summed E-state index contributed by atoms with van der Waals surface area (Å²) < 4.78 is 0. The quantitative estimate of drug-likeness (QED) is 0.718. The van der Waals surface area contributed by atoms with Gasteiger partial charge in [-0.1, -0.05) is 36.4 Å². The number of piperidine rings is 1. The highest BCUT2D eigenvalue weighted by atomic mass is 16.2. The maximum atomic E-state index is 12.7. The van der Waals surface area contributed by atoms with Crippen LogP contribution in [0.2, 0.25) is 0 Å². The summed E-state index contributed by atoms with van der Waals surface area (Å²) in [5.74, 6) is 0.0290. The molecular weight excluding hydrogens is 364 g/mol. The molecule has 0 aliphatic carbocycles. The fourth-order valence-corrected chi connectivity index (χ4v) is 3.72. The monoisotopic (exact) mass is 388 g/mol. The van der Waals surface area contributed by atoms with Crippen molar-refractivity contribution in [3.63, 3.8) is 0 Å². The van der Waals surface area contributed by atoms with E-state index in [-0.39, 0.29) is 17.9 Å². The molecule has 2 aromatic carbocycles. The lowest BCUT2D eigenvalue weighted by Crippen LogP contribution is -2.46. The first-order valence-corrected chi connectivity index (χ1v) is 9.88. The average molecular weight is 388 g/mol. The molecule has 0 bridgehead atoms. The minimum atomic E-state index is -0.0127. The zero-order valence-electron chi connectivity index (χ0n) is 16.4. The van der Waals surface area contributed by atoms with Gasteiger partial charge in [0.2, 0.25) is 5.91 Å². The van der Waals surface area contributed by atoms with Gasteiger partial charge in [0.15, 0.2) is 0 Å². The van der Waals surface area contributed by atoms with E-state index in [0.717, 1.165) is 35.0 Å². The second-order valence-corrected chi connectivity index (χ2v) is 7.38. The van der Waals surface area contributed by atoms with Gasteiger partial charge in [-0.05, 0) is 42.7 Å². The standard InChI is InChI=1S/C23H24N4O2/c1-16(28)24-19-12-14-27(15-13-19)23(29)18-9-6-17(7-10-18)8-11-22-20-4-2-3-5-21(20)25-26-22/h2-11,19H,12-15H2,1H3,(H,24,28)(H,25,26). The smallest absolute Gasteiger partial charge is 0.253 e. The van der Waals surface area contributed by atoms with E-state index in [9.17, 15) is 9.59 Å². The number of nitrogens with zero attached hydrogens (tertiary/aromatic N) is 2. The van der Waals surface area contributed by atoms with E-state index in [1.165, 1.54) is 6.92 Å². The molecule has 1 saturated heterocycles. The van der Waals surface area contributed by atoms with Crippen LogP contribution in [0.25, 0.3) is 23.1 Å². The van der Waals surface area contributed by atoms with Crippen LogP contribution < -0.4 is 5.32 Å². The van der Waals surface area contributed by atoms with Crippen LogP contribution in [0.4, 0.5) is 0 Å². The Morgan fingerprint density at radius 1 is 1.07 bits per heavy atom. The molecule has 1 fully saturated rings. The first-order chi connectivity index (χ1) is 14.1. The van der Waals surface area contributed by atoms with Crippen molar-refractivity contribution in [2.45, 2.75) is 25.8 Å². The molecule has 4 rings (SSSR count). The van der Waals surface area contributed by atoms with Crippen LogP contribution in [-0.2, 0) is 4.79 Å². The third kappa shape index (κ3) is 4.37. The van der Waals surface area contributed by atoms with Gasteiger partial charge in [0.05, 0.1) is 11.2 Å². The van der Waals surface area contributed by atoms with E-state index in [1.807, 2.05) is 65.6 Å². The number of benzene rings is 2. The lowest BCUT2D eigenvalue weighted by molar-refractivity contribution is -0.119. The third-order valence-corrected chi connectivity index (χ3v) is 5.28. The number of H-pyrrole nitrogens is 1. The first-order valence-electron chi connectivity index (χ1n) is 9.88. The molecule has 6 heteroatoms. The second kappa shape index (κ2) is 8.31. The lowest BCUT2D eigenvalue weighted by Gasteiger charge is -2.32. The SMILES string of the molecule is CC(=O)NC1CCN(C(=O)c2ccc(C=Cc3n[nH]c4ccccc34)cc2)CC1. The van der Waals surface area contributed by atoms with Crippen molar-refractivity contribution in [1.82, 2.24) is 20.4 Å². The molecule has 3 aromatic rings. The number of aromatic amines is 1. The lowest BCUT2D eigenvalue weighted by atomic mass is 10.0. The molecule has 0 atom stereocenters. The average Bonchev–Trinajstić information content (AvgIpc) is 3.15. The summed E-state index contributed by atoms with van der Waals surface area (Å²) in [5.41, 5.74) is 3.60. The van der Waals surface area contributed by atoms with Gasteiger partial charge < -0.3 is 10.2 Å². The van der Waals surface area contributed by atoms with Crippen LogP contribution in [-0.4, -0.2) is 46.0 Å². The highest BCUT2D eigenvalue weighted by Gasteiger charge is 2.23. The van der Waals surface area contributed by atoms with E-state index < -0.39 is 0 Å². The van der Waals surface area contributed by atoms with Gasteiger partial charge in [-0.3, -0.25) is 14.7 Å². The third-order valence-electron chi connectivity index (χ3n) is 5.28. The summed E-state index contributed by atoms with van der Waals surface area (Å²) >= 11 is 0. The Balaban J connectivity index is 1.39. The second-order valence-electron chi connectivity index (χ2n) is 7.38. The van der Waals surface area contributed by atoms with E-state index in [2.05, 4.69) is 15.5 Å². The molecule has 2 heterocycles. The molecule has 1 aromatic heterocycles. The molecule has 0 saturated carbocycles. The van der Waals surface area contributed by atoms with Crippen molar-refractivity contribution in [3.05, 3.63) is 65.4 Å². The number of hydrogen-bond acceptors (Lipinski definition) is 3. The summed E-state index contributed by atoms with van der Waals surface area (Å²) in [6.45, 7) is 2.86. The molecule has 29 heavy (non-hydrogen) atoms. The van der Waals surface area contributed by atoms with Crippen LogP contribution in [0.15, 0.2) is 48.5 Å². The Kier molecular flexibility index (Phi) is 5.42. The normalized spacial score (nSPS) is 15.1. The number of fused-ring (bicyclic) bond motifs is 1. The van der Waals surface area contributed by atoms with Gasteiger partial charge in [-0.2, -0.15) is 5.10 Å². The number of para-hydroxylation sites is 1. The van der Waals surface area contributed by atoms with Gasteiger partial charge in [-0.15, -0.1) is 0 Å². The molecule has 1 aliphatic heterocycles. The molecule has 1 aliphatic rings. The predicted octanol–water partition coefficient (Wildman–Crippen LogP) is 3.47. The number of carbonyl (C=O) groups excluding carboxylic acids is 2. The van der Waals surface area contributed by atoms with Crippen molar-refractivity contribution in [1.29, 1.82) is 0 Å². The highest BCUT2D eigenvalue weighted by Crippen LogP contribution is 2.19. The number of hydrogen-bond donors (Lipinski definition) is 2. The minimum absolute atomic E-state index is 0.0127. The topological polar surface area (TPSA) is 78.1 Å². The van der Waals surface area contributed by atoms with Crippen molar-refractivity contribution in [3.8, 4) is 0 Å². The first kappa shape index (κ1) is 18.9. The van der Waals surface area contributed by atoms with Crippen LogP contribution >= 0.6 is 0 Å². The molecule has 2 amide bonds. The van der Waals surface area contributed by atoms with Gasteiger partial charge in [0.25, 0.3) is 5.91 Å². The maximum Gasteiger partial charge on any atom is 0.253 e. The molecule has 148 valence electrons. The van der Waals surface area contributed by atoms with Crippen molar-refractivity contribution < 1.29 is 9.59 Å². The molecular formula is C23H24N4O2. The Labute approximate surface area is 169 Å².